The van der Waals surface area contributed by atoms with Crippen molar-refractivity contribution < 1.29 is 18.8 Å². The second kappa shape index (κ2) is 10.2. The lowest BCUT2D eigenvalue weighted by Gasteiger charge is -2.40. The third-order valence-corrected chi connectivity index (χ3v) is 7.24. The average molecular weight is 536 g/mol. The second-order valence-corrected chi connectivity index (χ2v) is 9.86. The molecule has 2 aliphatic rings. The molecule has 2 saturated heterocycles. The smallest absolute Gasteiger partial charge is 0.290 e. The van der Waals surface area contributed by atoms with Crippen LogP contribution in [0.2, 0.25) is 0 Å². The molecule has 3 heterocycles. The molecule has 1 unspecified atom stereocenters. The van der Waals surface area contributed by atoms with Gasteiger partial charge in [0, 0.05) is 30.1 Å². The van der Waals surface area contributed by atoms with Gasteiger partial charge in [-0.2, -0.15) is 0 Å². The molecule has 2 aromatic carbocycles. The van der Waals surface area contributed by atoms with E-state index in [9.17, 15) is 14.4 Å². The van der Waals surface area contributed by atoms with Gasteiger partial charge < -0.3 is 9.32 Å². The molecule has 1 aromatic heterocycles. The summed E-state index contributed by atoms with van der Waals surface area (Å²) in [6, 6.07) is 19.6. The number of hydrogen-bond donors (Lipinski definition) is 0. The van der Waals surface area contributed by atoms with Crippen LogP contribution in [0.25, 0.3) is 0 Å². The van der Waals surface area contributed by atoms with E-state index in [2.05, 4.69) is 33.0 Å². The number of furan rings is 1. The summed E-state index contributed by atoms with van der Waals surface area (Å²) < 4.78 is 6.25. The predicted octanol–water partition coefficient (Wildman–Crippen LogP) is 4.48. The Bertz CT molecular complexity index is 1190. The van der Waals surface area contributed by atoms with Crippen LogP contribution >= 0.6 is 15.9 Å². The molecule has 0 saturated carbocycles. The monoisotopic (exact) mass is 535 g/mol. The Labute approximate surface area is 212 Å². The number of benzene rings is 2. The third kappa shape index (κ3) is 4.94. The van der Waals surface area contributed by atoms with Gasteiger partial charge in [0.25, 0.3) is 11.8 Å². The largest absolute Gasteiger partial charge is 0.459 e. The number of amides is 3. The van der Waals surface area contributed by atoms with Gasteiger partial charge in [0.05, 0.1) is 18.4 Å². The van der Waals surface area contributed by atoms with Gasteiger partial charge >= 0.3 is 0 Å². The molecule has 0 radical (unpaired) electrons. The van der Waals surface area contributed by atoms with E-state index in [1.54, 1.807) is 41.3 Å². The SMILES string of the molecule is O=C1CC(N(C(=O)c2ccco2)C2CCN(Cc3ccccc3)CC2)C(=O)N1c1ccc(Br)cc1. The fraction of sp³-hybridized carbons (Fsp3) is 0.296. The van der Waals surface area contributed by atoms with E-state index >= 15 is 0 Å². The normalized spacial score (nSPS) is 19.3. The first-order valence-electron chi connectivity index (χ1n) is 11.8. The van der Waals surface area contributed by atoms with Crippen molar-refractivity contribution in [2.75, 3.05) is 18.0 Å². The van der Waals surface area contributed by atoms with Crippen LogP contribution < -0.4 is 4.90 Å². The molecule has 7 nitrogen and oxygen atoms in total. The van der Waals surface area contributed by atoms with Crippen molar-refractivity contribution >= 4 is 39.3 Å². The van der Waals surface area contributed by atoms with Gasteiger partial charge in [-0.25, -0.2) is 4.90 Å². The van der Waals surface area contributed by atoms with Gasteiger partial charge in [-0.1, -0.05) is 46.3 Å². The zero-order chi connectivity index (χ0) is 24.4. The molecule has 3 aromatic rings. The number of piperidine rings is 1. The number of carbonyl (C=O) groups excluding carboxylic acids is 3. The van der Waals surface area contributed by atoms with Crippen LogP contribution in [0.1, 0.15) is 35.4 Å². The molecule has 0 spiro atoms. The van der Waals surface area contributed by atoms with E-state index in [0.29, 0.717) is 5.69 Å². The molecule has 5 rings (SSSR count). The summed E-state index contributed by atoms with van der Waals surface area (Å²) in [5.41, 5.74) is 1.75. The third-order valence-electron chi connectivity index (χ3n) is 6.71. The van der Waals surface area contributed by atoms with Gasteiger partial charge in [0.2, 0.25) is 5.91 Å². The van der Waals surface area contributed by atoms with E-state index < -0.39 is 6.04 Å². The molecule has 3 amide bonds. The Hall–Kier alpha value is -3.23. The van der Waals surface area contributed by atoms with Gasteiger partial charge in [0.1, 0.15) is 6.04 Å². The maximum Gasteiger partial charge on any atom is 0.290 e. The van der Waals surface area contributed by atoms with Crippen molar-refractivity contribution in [3.63, 3.8) is 0 Å². The van der Waals surface area contributed by atoms with Crippen LogP contribution in [0.3, 0.4) is 0 Å². The highest BCUT2D eigenvalue weighted by atomic mass is 79.9. The molecular weight excluding hydrogens is 510 g/mol. The van der Waals surface area contributed by atoms with Gasteiger partial charge in [0.15, 0.2) is 5.76 Å². The summed E-state index contributed by atoms with van der Waals surface area (Å²) in [6.45, 7) is 2.44. The standard InChI is InChI=1S/C27H26BrN3O4/c28-20-8-10-21(11-9-20)31-25(32)17-23(26(31)33)30(27(34)24-7-4-16-35-24)22-12-14-29(15-13-22)18-19-5-2-1-3-6-19/h1-11,16,22-23H,12-15,17-18H2. The highest BCUT2D eigenvalue weighted by Crippen LogP contribution is 2.31. The van der Waals surface area contributed by atoms with Crippen LogP contribution in [0.15, 0.2) is 81.9 Å². The first-order valence-corrected chi connectivity index (χ1v) is 12.6. The maximum atomic E-state index is 13.5. The quantitative estimate of drug-likeness (QED) is 0.435. The number of anilines is 1. The van der Waals surface area contributed by atoms with Crippen molar-refractivity contribution in [3.05, 3.63) is 88.8 Å². The summed E-state index contributed by atoms with van der Waals surface area (Å²) in [7, 11) is 0. The molecule has 180 valence electrons. The molecule has 8 heteroatoms. The lowest BCUT2D eigenvalue weighted by molar-refractivity contribution is -0.123. The Morgan fingerprint density at radius 3 is 2.34 bits per heavy atom. The number of halogens is 1. The Balaban J connectivity index is 1.36. The van der Waals surface area contributed by atoms with Crippen molar-refractivity contribution in [1.29, 1.82) is 0 Å². The Morgan fingerprint density at radius 2 is 1.69 bits per heavy atom. The van der Waals surface area contributed by atoms with E-state index in [-0.39, 0.29) is 35.9 Å². The van der Waals surface area contributed by atoms with Crippen LogP contribution in [0, 0.1) is 0 Å². The van der Waals surface area contributed by atoms with Crippen molar-refractivity contribution in [1.82, 2.24) is 9.80 Å². The average Bonchev–Trinajstić information content (AvgIpc) is 3.50. The minimum Gasteiger partial charge on any atom is -0.459 e. The molecular formula is C27H26BrN3O4. The van der Waals surface area contributed by atoms with E-state index in [1.807, 2.05) is 18.2 Å². The number of likely N-dealkylation sites (tertiary alicyclic amines) is 1. The predicted molar refractivity (Wildman–Crippen MR) is 135 cm³/mol. The first kappa shape index (κ1) is 23.5. The zero-order valence-electron chi connectivity index (χ0n) is 19.2. The number of hydrogen-bond acceptors (Lipinski definition) is 5. The lowest BCUT2D eigenvalue weighted by Crippen LogP contribution is -2.54. The highest BCUT2D eigenvalue weighted by molar-refractivity contribution is 9.10. The summed E-state index contributed by atoms with van der Waals surface area (Å²) in [5, 5.41) is 0. The van der Waals surface area contributed by atoms with Crippen molar-refractivity contribution in [3.8, 4) is 0 Å². The lowest BCUT2D eigenvalue weighted by atomic mass is 9.99. The minimum absolute atomic E-state index is 0.0361. The minimum atomic E-state index is -0.852. The topological polar surface area (TPSA) is 74.1 Å². The summed E-state index contributed by atoms with van der Waals surface area (Å²) in [6.07, 6.45) is 2.85. The van der Waals surface area contributed by atoms with Gasteiger partial charge in [-0.15, -0.1) is 0 Å². The molecule has 2 aliphatic heterocycles. The second-order valence-electron chi connectivity index (χ2n) is 8.95. The Morgan fingerprint density at radius 1 is 0.971 bits per heavy atom. The number of imide groups is 1. The first-order chi connectivity index (χ1) is 17.0. The highest BCUT2D eigenvalue weighted by Gasteiger charge is 2.47. The van der Waals surface area contributed by atoms with Crippen molar-refractivity contribution in [2.24, 2.45) is 0 Å². The molecule has 0 aliphatic carbocycles. The Kier molecular flexibility index (Phi) is 6.83. The van der Waals surface area contributed by atoms with Crippen LogP contribution in [0.5, 0.6) is 0 Å². The van der Waals surface area contributed by atoms with E-state index in [0.717, 1.165) is 36.9 Å². The fourth-order valence-electron chi connectivity index (χ4n) is 4.98. The zero-order valence-corrected chi connectivity index (χ0v) is 20.8. The van der Waals surface area contributed by atoms with Gasteiger partial charge in [-0.3, -0.25) is 19.3 Å². The van der Waals surface area contributed by atoms with Gasteiger partial charge in [-0.05, 0) is 54.8 Å². The molecule has 0 bridgehead atoms. The maximum absolute atomic E-state index is 13.5. The van der Waals surface area contributed by atoms with Crippen molar-refractivity contribution in [2.45, 2.75) is 37.9 Å². The van der Waals surface area contributed by atoms with E-state index in [1.165, 1.54) is 16.7 Å². The van der Waals surface area contributed by atoms with Crippen LogP contribution in [0.4, 0.5) is 5.69 Å². The van der Waals surface area contributed by atoms with Crippen LogP contribution in [-0.4, -0.2) is 52.7 Å². The molecule has 1 atom stereocenters. The molecule has 2 fully saturated rings. The van der Waals surface area contributed by atoms with Crippen LogP contribution in [-0.2, 0) is 16.1 Å². The summed E-state index contributed by atoms with van der Waals surface area (Å²) in [5.74, 6) is -0.843. The number of nitrogens with zero attached hydrogens (tertiary/aromatic N) is 3. The molecule has 35 heavy (non-hydrogen) atoms. The van der Waals surface area contributed by atoms with E-state index in [4.69, 9.17) is 4.42 Å². The number of carbonyl (C=O) groups is 3. The molecule has 0 N–H and O–H groups in total. The summed E-state index contributed by atoms with van der Waals surface area (Å²) in [4.78, 5) is 45.2. The number of rotatable bonds is 6. The summed E-state index contributed by atoms with van der Waals surface area (Å²) >= 11 is 3.38. The fourth-order valence-corrected chi connectivity index (χ4v) is 5.25.